The van der Waals surface area contributed by atoms with E-state index < -0.39 is 35.7 Å². The van der Waals surface area contributed by atoms with Crippen molar-refractivity contribution in [2.45, 2.75) is 24.1 Å². The van der Waals surface area contributed by atoms with Crippen LogP contribution in [-0.4, -0.2) is 62.3 Å². The number of benzene rings is 2. The number of hydrogen-bond acceptors (Lipinski definition) is 5. The van der Waals surface area contributed by atoms with Crippen molar-refractivity contribution >= 4 is 22.8 Å². The molecule has 6 rings (SSSR count). The van der Waals surface area contributed by atoms with E-state index in [0.29, 0.717) is 22.3 Å². The number of ether oxygens (including phenoxy) is 1. The number of carbonyl (C=O) groups is 2. The maximum Gasteiger partial charge on any atom is 0.435 e. The fourth-order valence-electron chi connectivity index (χ4n) is 5.96. The molecule has 2 aliphatic heterocycles. The molecule has 2 aromatic heterocycles. The van der Waals surface area contributed by atoms with Gasteiger partial charge >= 0.3 is 6.18 Å². The topological polar surface area (TPSA) is 94.3 Å². The number of imidazole rings is 1. The summed E-state index contributed by atoms with van der Waals surface area (Å²) in [4.78, 5) is 32.9. The Morgan fingerprint density at radius 3 is 2.51 bits per heavy atom. The fourth-order valence-corrected chi connectivity index (χ4v) is 5.96. The van der Waals surface area contributed by atoms with Crippen molar-refractivity contribution in [3.8, 4) is 5.75 Å². The van der Waals surface area contributed by atoms with E-state index in [9.17, 15) is 22.8 Å². The molecular weight excluding hydrogens is 513 g/mol. The number of methoxy groups -OCH3 is 1. The second-order valence-corrected chi connectivity index (χ2v) is 9.97. The van der Waals surface area contributed by atoms with Crippen LogP contribution in [0.25, 0.3) is 11.0 Å². The van der Waals surface area contributed by atoms with E-state index in [0.717, 1.165) is 10.2 Å². The summed E-state index contributed by atoms with van der Waals surface area (Å²) < 4.78 is 50.7. The number of nitrogens with zero attached hydrogens (tertiary/aromatic N) is 5. The van der Waals surface area contributed by atoms with E-state index in [-0.39, 0.29) is 30.3 Å². The molecule has 3 atom stereocenters. The minimum Gasteiger partial charge on any atom is -0.494 e. The highest BCUT2D eigenvalue weighted by molar-refractivity contribution is 6.00. The quantitative estimate of drug-likeness (QED) is 0.431. The van der Waals surface area contributed by atoms with Crippen molar-refractivity contribution in [1.82, 2.24) is 29.5 Å². The molecule has 4 heterocycles. The number of halogens is 3. The Kier molecular flexibility index (Phi) is 5.67. The van der Waals surface area contributed by atoms with Crippen LogP contribution in [0.1, 0.15) is 49.5 Å². The van der Waals surface area contributed by atoms with Crippen LogP contribution in [0, 0.1) is 0 Å². The maximum atomic E-state index is 14.1. The van der Waals surface area contributed by atoms with Gasteiger partial charge in [0, 0.05) is 56.2 Å². The first-order valence-electron chi connectivity index (χ1n) is 12.4. The Labute approximate surface area is 221 Å². The van der Waals surface area contributed by atoms with Gasteiger partial charge in [0.2, 0.25) is 0 Å². The van der Waals surface area contributed by atoms with E-state index in [1.54, 1.807) is 35.0 Å². The summed E-state index contributed by atoms with van der Waals surface area (Å²) in [6, 6.07) is 11.8. The molecule has 2 amide bonds. The summed E-state index contributed by atoms with van der Waals surface area (Å²) in [5.74, 6) is -1.82. The Balaban J connectivity index is 1.48. The Bertz CT molecular complexity index is 1610. The van der Waals surface area contributed by atoms with Gasteiger partial charge in [0.25, 0.3) is 11.8 Å². The molecule has 0 radical (unpaired) electrons. The van der Waals surface area contributed by atoms with Crippen molar-refractivity contribution < 1.29 is 27.5 Å². The molecule has 0 bridgehead atoms. The zero-order chi connectivity index (χ0) is 27.6. The molecular formula is C27H25F3N6O3. The van der Waals surface area contributed by atoms with Gasteiger partial charge in [-0.05, 0) is 17.7 Å². The minimum atomic E-state index is -4.76. The van der Waals surface area contributed by atoms with Crippen molar-refractivity contribution in [3.63, 3.8) is 0 Å². The van der Waals surface area contributed by atoms with Gasteiger partial charge in [0.1, 0.15) is 17.0 Å². The average molecular weight is 539 g/mol. The molecule has 12 heteroatoms. The van der Waals surface area contributed by atoms with Crippen LogP contribution in [-0.2, 0) is 20.3 Å². The molecule has 1 fully saturated rings. The highest BCUT2D eigenvalue weighted by Gasteiger charge is 2.51. The molecule has 1 unspecified atom stereocenters. The van der Waals surface area contributed by atoms with Crippen LogP contribution < -0.4 is 10.1 Å². The van der Waals surface area contributed by atoms with Gasteiger partial charge in [-0.3, -0.25) is 14.3 Å². The molecule has 0 saturated carbocycles. The van der Waals surface area contributed by atoms with Crippen LogP contribution in [0.4, 0.5) is 13.2 Å². The number of alkyl halides is 3. The molecule has 2 aromatic carbocycles. The third kappa shape index (κ3) is 3.93. The van der Waals surface area contributed by atoms with Crippen LogP contribution in [0.15, 0.2) is 48.8 Å². The van der Waals surface area contributed by atoms with Gasteiger partial charge in [0.15, 0.2) is 5.69 Å². The van der Waals surface area contributed by atoms with E-state index in [4.69, 9.17) is 4.74 Å². The fraction of sp³-hybridized carbons (Fsp3) is 0.333. The molecule has 202 valence electrons. The first kappa shape index (κ1) is 25.0. The van der Waals surface area contributed by atoms with Crippen LogP contribution in [0.3, 0.4) is 0 Å². The summed E-state index contributed by atoms with van der Waals surface area (Å²) >= 11 is 0. The van der Waals surface area contributed by atoms with Gasteiger partial charge in [-0.25, -0.2) is 4.98 Å². The number of likely N-dealkylation sites (tertiary alicyclic amines) is 1. The Hall–Kier alpha value is -4.35. The maximum absolute atomic E-state index is 14.1. The lowest BCUT2D eigenvalue weighted by atomic mass is 9.73. The lowest BCUT2D eigenvalue weighted by Gasteiger charge is -2.46. The molecule has 0 spiro atoms. The molecule has 1 saturated heterocycles. The van der Waals surface area contributed by atoms with E-state index in [1.165, 1.54) is 14.2 Å². The summed E-state index contributed by atoms with van der Waals surface area (Å²) in [5.41, 5.74) is 1.03. The van der Waals surface area contributed by atoms with Crippen molar-refractivity contribution in [1.29, 1.82) is 0 Å². The number of aryl methyl sites for hydroxylation is 2. The summed E-state index contributed by atoms with van der Waals surface area (Å²) in [6.45, 7) is 0.174. The van der Waals surface area contributed by atoms with Crippen molar-refractivity contribution in [2.75, 3.05) is 20.2 Å². The number of nitrogens with one attached hydrogen (secondary N) is 1. The normalized spacial score (nSPS) is 20.9. The van der Waals surface area contributed by atoms with Gasteiger partial charge in [0.05, 0.1) is 19.0 Å². The largest absolute Gasteiger partial charge is 0.494 e. The van der Waals surface area contributed by atoms with Crippen molar-refractivity contribution in [3.05, 3.63) is 76.9 Å². The Morgan fingerprint density at radius 1 is 1.10 bits per heavy atom. The molecule has 4 aromatic rings. The van der Waals surface area contributed by atoms with Crippen LogP contribution >= 0.6 is 0 Å². The number of fused-ring (bicyclic) bond motifs is 4. The first-order valence-corrected chi connectivity index (χ1v) is 12.4. The zero-order valence-electron chi connectivity index (χ0n) is 21.4. The second kappa shape index (κ2) is 8.85. The van der Waals surface area contributed by atoms with Crippen LogP contribution in [0.2, 0.25) is 0 Å². The van der Waals surface area contributed by atoms with E-state index in [1.807, 2.05) is 30.3 Å². The van der Waals surface area contributed by atoms with Crippen molar-refractivity contribution in [2.24, 2.45) is 14.1 Å². The standard InChI is InChI=1S/C27H25F3N6O3/c1-34-13-31-22-18(34)9-15(10-19(22)39-3)26(38)36-11-16(14-7-5-4-6-8-14)21-17(12-36)20-23(25(37)32-21)35(2)33-24(20)27(28,29)30/h4-10,13,16-17,21H,11-12H2,1-3H3,(H,32,37)/t16-,17?,21+/m1/s1. The predicted octanol–water partition coefficient (Wildman–Crippen LogP) is 3.47. The predicted molar refractivity (Wildman–Crippen MR) is 135 cm³/mol. The van der Waals surface area contributed by atoms with Crippen LogP contribution in [0.5, 0.6) is 5.75 Å². The van der Waals surface area contributed by atoms with Gasteiger partial charge in [-0.2, -0.15) is 18.3 Å². The van der Waals surface area contributed by atoms with E-state index >= 15 is 0 Å². The minimum absolute atomic E-state index is 0.0272. The molecule has 1 N–H and O–H groups in total. The molecule has 0 aliphatic carbocycles. The highest BCUT2D eigenvalue weighted by Crippen LogP contribution is 2.45. The molecule has 9 nitrogen and oxygen atoms in total. The lowest BCUT2D eigenvalue weighted by Crippen LogP contribution is -2.58. The highest BCUT2D eigenvalue weighted by atomic mass is 19.4. The molecule has 39 heavy (non-hydrogen) atoms. The van der Waals surface area contributed by atoms with E-state index in [2.05, 4.69) is 15.4 Å². The monoisotopic (exact) mass is 538 g/mol. The number of hydrogen-bond donors (Lipinski definition) is 1. The van der Waals surface area contributed by atoms with Gasteiger partial charge in [-0.15, -0.1) is 0 Å². The SMILES string of the molecule is COc1cc(C(=O)N2CC3c4c(C(F)(F)F)nn(C)c4C(=O)N[C@H]3[C@@H](c3ccccc3)C2)cc2c1ncn2C. The average Bonchev–Trinajstić information content (AvgIpc) is 3.48. The molecule has 2 aliphatic rings. The summed E-state index contributed by atoms with van der Waals surface area (Å²) in [7, 11) is 4.61. The number of aromatic nitrogens is 4. The number of amides is 2. The second-order valence-electron chi connectivity index (χ2n) is 9.97. The number of rotatable bonds is 3. The zero-order valence-corrected chi connectivity index (χ0v) is 21.4. The Morgan fingerprint density at radius 2 is 1.82 bits per heavy atom. The third-order valence-corrected chi connectivity index (χ3v) is 7.71. The first-order chi connectivity index (χ1) is 18.6. The third-order valence-electron chi connectivity index (χ3n) is 7.71. The van der Waals surface area contributed by atoms with Gasteiger partial charge < -0.3 is 19.5 Å². The summed E-state index contributed by atoms with van der Waals surface area (Å²) in [6.07, 6.45) is -3.15. The lowest BCUT2D eigenvalue weighted by molar-refractivity contribution is -0.142. The van der Waals surface area contributed by atoms with Gasteiger partial charge in [-0.1, -0.05) is 30.3 Å². The number of piperidine rings is 1. The smallest absolute Gasteiger partial charge is 0.435 e. The number of carbonyl (C=O) groups excluding carboxylic acids is 2. The summed E-state index contributed by atoms with van der Waals surface area (Å²) in [5, 5.41) is 6.63.